The Labute approximate surface area is 163 Å². The van der Waals surface area contributed by atoms with Crippen LogP contribution in [0.2, 0.25) is 0 Å². The molecule has 0 radical (unpaired) electrons. The second-order valence-corrected chi connectivity index (χ2v) is 6.91. The summed E-state index contributed by atoms with van der Waals surface area (Å²) in [5, 5.41) is 3.47. The number of esters is 1. The molecule has 0 spiro atoms. The summed E-state index contributed by atoms with van der Waals surface area (Å²) in [5.41, 5.74) is 3.77. The number of nitrogens with zero attached hydrogens (tertiary/aromatic N) is 2. The van der Waals surface area contributed by atoms with Crippen LogP contribution in [0, 0.1) is 0 Å². The van der Waals surface area contributed by atoms with Crippen molar-refractivity contribution in [2.45, 2.75) is 13.0 Å². The summed E-state index contributed by atoms with van der Waals surface area (Å²) in [5.74, 6) is -0.864. The first kappa shape index (κ1) is 18.1. The Morgan fingerprint density at radius 3 is 2.68 bits per heavy atom. The van der Waals surface area contributed by atoms with E-state index in [0.29, 0.717) is 17.8 Å². The number of likely N-dealkylation sites (N-methyl/N-ethyl adjacent to an activating group) is 1. The van der Waals surface area contributed by atoms with Gasteiger partial charge in [0.25, 0.3) is 5.91 Å². The second kappa shape index (κ2) is 7.78. The lowest BCUT2D eigenvalue weighted by atomic mass is 9.96. The van der Waals surface area contributed by atoms with Gasteiger partial charge in [-0.3, -0.25) is 9.78 Å². The normalized spacial score (nSPS) is 13.8. The molecule has 28 heavy (non-hydrogen) atoms. The Morgan fingerprint density at radius 2 is 1.86 bits per heavy atom. The summed E-state index contributed by atoms with van der Waals surface area (Å²) < 4.78 is 5.37. The maximum Gasteiger partial charge on any atom is 0.339 e. The molecule has 0 unspecified atom stereocenters. The van der Waals surface area contributed by atoms with Crippen molar-refractivity contribution in [2.75, 3.05) is 25.5 Å². The number of hydrogen-bond acceptors (Lipinski definition) is 5. The van der Waals surface area contributed by atoms with Crippen LogP contribution in [0.5, 0.6) is 0 Å². The van der Waals surface area contributed by atoms with E-state index in [-0.39, 0.29) is 12.5 Å². The van der Waals surface area contributed by atoms with Crippen LogP contribution in [0.1, 0.15) is 21.6 Å². The highest BCUT2D eigenvalue weighted by Crippen LogP contribution is 2.28. The van der Waals surface area contributed by atoms with Gasteiger partial charge in [-0.2, -0.15) is 0 Å². The van der Waals surface area contributed by atoms with Crippen molar-refractivity contribution >= 4 is 28.5 Å². The van der Waals surface area contributed by atoms with Crippen molar-refractivity contribution in [3.8, 4) is 0 Å². The van der Waals surface area contributed by atoms with Crippen molar-refractivity contribution < 1.29 is 14.3 Å². The molecule has 6 heteroatoms. The van der Waals surface area contributed by atoms with E-state index in [9.17, 15) is 9.59 Å². The van der Waals surface area contributed by atoms with Crippen LogP contribution in [-0.4, -0.2) is 42.0 Å². The number of fused-ring (bicyclic) bond motifs is 2. The van der Waals surface area contributed by atoms with E-state index in [1.165, 1.54) is 0 Å². The lowest BCUT2D eigenvalue weighted by Crippen LogP contribution is -2.30. The van der Waals surface area contributed by atoms with Crippen LogP contribution < -0.4 is 5.32 Å². The molecular formula is C22H21N3O3. The number of ether oxygens (including phenoxy) is 1. The van der Waals surface area contributed by atoms with Gasteiger partial charge in [-0.25, -0.2) is 4.79 Å². The van der Waals surface area contributed by atoms with Crippen molar-refractivity contribution in [3.05, 3.63) is 71.4 Å². The average molecular weight is 375 g/mol. The molecule has 6 nitrogen and oxygen atoms in total. The zero-order valence-corrected chi connectivity index (χ0v) is 15.6. The third-order valence-electron chi connectivity index (χ3n) is 4.83. The number of aromatic nitrogens is 1. The monoisotopic (exact) mass is 375 g/mol. The lowest BCUT2D eigenvalue weighted by molar-refractivity contribution is -0.119. The van der Waals surface area contributed by atoms with Gasteiger partial charge in [0.05, 0.1) is 11.1 Å². The van der Waals surface area contributed by atoms with Gasteiger partial charge in [0.1, 0.15) is 0 Å². The highest BCUT2D eigenvalue weighted by molar-refractivity contribution is 6.06. The molecule has 1 aliphatic heterocycles. The van der Waals surface area contributed by atoms with E-state index in [0.717, 1.165) is 35.1 Å². The summed E-state index contributed by atoms with van der Waals surface area (Å²) in [6, 6.07) is 16.6. The van der Waals surface area contributed by atoms with Crippen LogP contribution in [0.15, 0.2) is 54.6 Å². The number of amides is 1. The molecule has 3 aromatic rings. The SMILES string of the molecule is CN1CCc2nc3ccccc3c(C(=O)OCC(=O)Nc3ccccc3)c2C1. The Morgan fingerprint density at radius 1 is 1.11 bits per heavy atom. The van der Waals surface area contributed by atoms with Crippen molar-refractivity contribution in [1.29, 1.82) is 0 Å². The Hall–Kier alpha value is -3.25. The zero-order valence-electron chi connectivity index (χ0n) is 15.6. The van der Waals surface area contributed by atoms with E-state index in [1.54, 1.807) is 12.1 Å². The van der Waals surface area contributed by atoms with E-state index in [1.807, 2.05) is 49.5 Å². The fourth-order valence-electron chi connectivity index (χ4n) is 3.48. The smallest absolute Gasteiger partial charge is 0.339 e. The number of pyridine rings is 1. The molecule has 1 N–H and O–H groups in total. The van der Waals surface area contributed by atoms with Gasteiger partial charge in [-0.1, -0.05) is 36.4 Å². The van der Waals surface area contributed by atoms with Crippen LogP contribution in [0.25, 0.3) is 10.9 Å². The molecule has 1 aromatic heterocycles. The quantitative estimate of drug-likeness (QED) is 0.710. The van der Waals surface area contributed by atoms with E-state index < -0.39 is 5.97 Å². The number of para-hydroxylation sites is 2. The van der Waals surface area contributed by atoms with Gasteiger partial charge in [0, 0.05) is 41.8 Å². The summed E-state index contributed by atoms with van der Waals surface area (Å²) in [6.45, 7) is 1.19. The highest BCUT2D eigenvalue weighted by atomic mass is 16.5. The largest absolute Gasteiger partial charge is 0.452 e. The number of carbonyl (C=O) groups excluding carboxylic acids is 2. The van der Waals surface area contributed by atoms with Gasteiger partial charge in [-0.05, 0) is 25.2 Å². The first-order chi connectivity index (χ1) is 13.6. The standard InChI is InChI=1S/C22H21N3O3/c1-25-12-11-19-17(13-25)21(16-9-5-6-10-18(16)24-19)22(27)28-14-20(26)23-15-7-3-2-4-8-15/h2-10H,11-14H2,1H3,(H,23,26). The van der Waals surface area contributed by atoms with Gasteiger partial charge in [0.15, 0.2) is 6.61 Å². The van der Waals surface area contributed by atoms with Gasteiger partial charge in [-0.15, -0.1) is 0 Å². The fourth-order valence-corrected chi connectivity index (χ4v) is 3.48. The molecule has 142 valence electrons. The van der Waals surface area contributed by atoms with Crippen LogP contribution >= 0.6 is 0 Å². The third-order valence-corrected chi connectivity index (χ3v) is 4.83. The molecular weight excluding hydrogens is 354 g/mol. The van der Waals surface area contributed by atoms with Crippen LogP contribution in [0.3, 0.4) is 0 Å². The number of rotatable bonds is 4. The summed E-state index contributed by atoms with van der Waals surface area (Å²) in [4.78, 5) is 32.0. The highest BCUT2D eigenvalue weighted by Gasteiger charge is 2.25. The Bertz CT molecular complexity index is 1030. The topological polar surface area (TPSA) is 71.5 Å². The first-order valence-electron chi connectivity index (χ1n) is 9.23. The molecule has 2 heterocycles. The predicted molar refractivity (Wildman–Crippen MR) is 107 cm³/mol. The summed E-state index contributed by atoms with van der Waals surface area (Å²) >= 11 is 0. The molecule has 4 rings (SSSR count). The molecule has 0 aliphatic carbocycles. The molecule has 0 saturated heterocycles. The van der Waals surface area contributed by atoms with Crippen molar-refractivity contribution in [3.63, 3.8) is 0 Å². The van der Waals surface area contributed by atoms with Gasteiger partial charge in [0.2, 0.25) is 0 Å². The predicted octanol–water partition coefficient (Wildman–Crippen LogP) is 3.02. The molecule has 2 aromatic carbocycles. The minimum atomic E-state index is -0.492. The Balaban J connectivity index is 1.58. The summed E-state index contributed by atoms with van der Waals surface area (Å²) in [6.07, 6.45) is 0.783. The van der Waals surface area contributed by atoms with E-state index >= 15 is 0 Å². The third kappa shape index (κ3) is 3.73. The maximum absolute atomic E-state index is 12.9. The van der Waals surface area contributed by atoms with Crippen molar-refractivity contribution in [2.24, 2.45) is 0 Å². The Kier molecular flexibility index (Phi) is 5.04. The zero-order chi connectivity index (χ0) is 19.5. The molecule has 0 bridgehead atoms. The number of carbonyl (C=O) groups is 2. The van der Waals surface area contributed by atoms with Gasteiger partial charge >= 0.3 is 5.97 Å². The minimum absolute atomic E-state index is 0.338. The summed E-state index contributed by atoms with van der Waals surface area (Å²) in [7, 11) is 2.01. The van der Waals surface area contributed by atoms with Crippen molar-refractivity contribution in [1.82, 2.24) is 9.88 Å². The molecule has 1 amide bonds. The maximum atomic E-state index is 12.9. The average Bonchev–Trinajstić information content (AvgIpc) is 2.71. The second-order valence-electron chi connectivity index (χ2n) is 6.91. The van der Waals surface area contributed by atoms with E-state index in [2.05, 4.69) is 10.2 Å². The molecule has 0 saturated carbocycles. The number of anilines is 1. The molecule has 0 atom stereocenters. The van der Waals surface area contributed by atoms with Gasteiger partial charge < -0.3 is 15.0 Å². The fraction of sp³-hybridized carbons (Fsp3) is 0.227. The van der Waals surface area contributed by atoms with Crippen LogP contribution in [0.4, 0.5) is 5.69 Å². The lowest BCUT2D eigenvalue weighted by Gasteiger charge is -2.26. The minimum Gasteiger partial charge on any atom is -0.452 e. The molecule has 0 fully saturated rings. The van der Waals surface area contributed by atoms with Crippen LogP contribution in [-0.2, 0) is 22.5 Å². The first-order valence-corrected chi connectivity index (χ1v) is 9.23. The van der Waals surface area contributed by atoms with E-state index in [4.69, 9.17) is 9.72 Å². The number of hydrogen-bond donors (Lipinski definition) is 1. The number of nitrogens with one attached hydrogen (secondary N) is 1. The number of benzene rings is 2. The molecule has 1 aliphatic rings.